The number of anilines is 2. The third-order valence-corrected chi connectivity index (χ3v) is 5.34. The van der Waals surface area contributed by atoms with Crippen LogP contribution in [-0.4, -0.2) is 40.9 Å². The highest BCUT2D eigenvalue weighted by Gasteiger charge is 2.20. The van der Waals surface area contributed by atoms with Crippen molar-refractivity contribution in [3.63, 3.8) is 0 Å². The lowest BCUT2D eigenvalue weighted by molar-refractivity contribution is -0.115. The molecule has 3 aromatic rings. The number of nitrogens with one attached hydrogen (secondary N) is 3. The lowest BCUT2D eigenvalue weighted by Crippen LogP contribution is -2.46. The first-order valence-electron chi connectivity index (χ1n) is 10.8. The summed E-state index contributed by atoms with van der Waals surface area (Å²) in [5.41, 5.74) is 8.24. The van der Waals surface area contributed by atoms with Crippen molar-refractivity contribution in [2.24, 2.45) is 0 Å². The SMILES string of the molecule is Nc1ncc(-c2cccc(NC(=O)Cc3cccc(F)c3)c2)nc1C(=O)N[C@H]1CCCNC1. The first-order chi connectivity index (χ1) is 16.0. The van der Waals surface area contributed by atoms with Crippen LogP contribution in [-0.2, 0) is 11.2 Å². The van der Waals surface area contributed by atoms with Gasteiger partial charge in [0.1, 0.15) is 5.82 Å². The standard InChI is InChI=1S/C24H25FN6O2/c25-17-6-1-4-15(10-17)11-21(32)29-18-7-2-5-16(12-18)20-14-28-23(26)22(31-20)24(33)30-19-8-3-9-27-13-19/h1-2,4-7,10,12,14,19,27H,3,8-9,11,13H2,(H2,26,28)(H,29,32)(H,30,33)/t19-/m0/s1. The summed E-state index contributed by atoms with van der Waals surface area (Å²) in [4.78, 5) is 33.7. The Kier molecular flexibility index (Phi) is 6.89. The monoisotopic (exact) mass is 448 g/mol. The molecule has 0 saturated carbocycles. The second-order valence-electron chi connectivity index (χ2n) is 7.94. The largest absolute Gasteiger partial charge is 0.382 e. The molecule has 1 aliphatic rings. The van der Waals surface area contributed by atoms with E-state index in [2.05, 4.69) is 25.9 Å². The summed E-state index contributed by atoms with van der Waals surface area (Å²) >= 11 is 0. The van der Waals surface area contributed by atoms with Crippen LogP contribution in [0.1, 0.15) is 28.9 Å². The summed E-state index contributed by atoms with van der Waals surface area (Å²) in [6.45, 7) is 1.65. The molecule has 1 atom stereocenters. The number of rotatable bonds is 6. The maximum absolute atomic E-state index is 13.3. The molecule has 0 unspecified atom stereocenters. The number of nitrogens with zero attached hydrogens (tertiary/aromatic N) is 2. The fourth-order valence-electron chi connectivity index (χ4n) is 3.73. The molecular weight excluding hydrogens is 423 g/mol. The minimum atomic E-state index is -0.385. The van der Waals surface area contributed by atoms with Crippen LogP contribution in [0.15, 0.2) is 54.7 Å². The Labute approximate surface area is 190 Å². The number of nitrogen functional groups attached to an aromatic ring is 1. The third-order valence-electron chi connectivity index (χ3n) is 5.34. The van der Waals surface area contributed by atoms with Crippen molar-refractivity contribution in [1.29, 1.82) is 0 Å². The topological polar surface area (TPSA) is 122 Å². The zero-order valence-electron chi connectivity index (χ0n) is 18.0. The minimum absolute atomic E-state index is 0.0211. The molecule has 8 nitrogen and oxygen atoms in total. The van der Waals surface area contributed by atoms with Gasteiger partial charge in [-0.2, -0.15) is 0 Å². The highest BCUT2D eigenvalue weighted by Crippen LogP contribution is 2.22. The summed E-state index contributed by atoms with van der Waals surface area (Å²) in [5.74, 6) is -0.971. The van der Waals surface area contributed by atoms with E-state index in [9.17, 15) is 14.0 Å². The molecule has 1 saturated heterocycles. The van der Waals surface area contributed by atoms with E-state index in [4.69, 9.17) is 5.73 Å². The highest BCUT2D eigenvalue weighted by molar-refractivity contribution is 5.97. The van der Waals surface area contributed by atoms with Crippen molar-refractivity contribution in [2.45, 2.75) is 25.3 Å². The van der Waals surface area contributed by atoms with E-state index >= 15 is 0 Å². The molecule has 0 radical (unpaired) electrons. The predicted octanol–water partition coefficient (Wildman–Crippen LogP) is 2.53. The third kappa shape index (κ3) is 5.89. The number of carbonyl (C=O) groups excluding carboxylic acids is 2. The zero-order chi connectivity index (χ0) is 23.2. The first-order valence-corrected chi connectivity index (χ1v) is 10.8. The summed E-state index contributed by atoms with van der Waals surface area (Å²) < 4.78 is 13.3. The van der Waals surface area contributed by atoms with Gasteiger partial charge in [-0.05, 0) is 49.2 Å². The van der Waals surface area contributed by atoms with Gasteiger partial charge in [-0.1, -0.05) is 24.3 Å². The van der Waals surface area contributed by atoms with E-state index in [0.717, 1.165) is 19.4 Å². The number of carbonyl (C=O) groups is 2. The Morgan fingerprint density at radius 2 is 2.03 bits per heavy atom. The molecular formula is C24H25FN6O2. The average Bonchev–Trinajstić information content (AvgIpc) is 2.80. The molecule has 2 amide bonds. The normalized spacial score (nSPS) is 15.6. The molecule has 2 heterocycles. The molecule has 33 heavy (non-hydrogen) atoms. The Bertz CT molecular complexity index is 1160. The number of benzene rings is 2. The van der Waals surface area contributed by atoms with Gasteiger partial charge in [0, 0.05) is 23.8 Å². The number of nitrogens with two attached hydrogens (primary N) is 1. The van der Waals surface area contributed by atoms with Gasteiger partial charge in [-0.15, -0.1) is 0 Å². The summed E-state index contributed by atoms with van der Waals surface area (Å²) in [7, 11) is 0. The van der Waals surface area contributed by atoms with Gasteiger partial charge in [0.05, 0.1) is 18.3 Å². The molecule has 0 aliphatic carbocycles. The van der Waals surface area contributed by atoms with Gasteiger partial charge in [0.25, 0.3) is 5.91 Å². The van der Waals surface area contributed by atoms with Gasteiger partial charge in [-0.25, -0.2) is 14.4 Å². The summed E-state index contributed by atoms with van der Waals surface area (Å²) in [5, 5.41) is 9.00. The van der Waals surface area contributed by atoms with Crippen LogP contribution in [0.4, 0.5) is 15.9 Å². The van der Waals surface area contributed by atoms with Crippen LogP contribution in [0, 0.1) is 5.82 Å². The number of aromatic nitrogens is 2. The van der Waals surface area contributed by atoms with Gasteiger partial charge in [0.2, 0.25) is 5.91 Å². The van der Waals surface area contributed by atoms with Gasteiger partial charge in [0.15, 0.2) is 11.5 Å². The van der Waals surface area contributed by atoms with Gasteiger partial charge in [-0.3, -0.25) is 9.59 Å². The Morgan fingerprint density at radius 3 is 2.82 bits per heavy atom. The molecule has 1 aromatic heterocycles. The molecule has 4 rings (SSSR count). The number of hydrogen-bond acceptors (Lipinski definition) is 6. The first kappa shape index (κ1) is 22.3. The van der Waals surface area contributed by atoms with Crippen molar-refractivity contribution in [3.05, 3.63) is 71.8 Å². The second kappa shape index (κ2) is 10.2. The van der Waals surface area contributed by atoms with Crippen LogP contribution in [0.2, 0.25) is 0 Å². The van der Waals surface area contributed by atoms with Crippen LogP contribution in [0.5, 0.6) is 0 Å². The number of hydrogen-bond donors (Lipinski definition) is 4. The smallest absolute Gasteiger partial charge is 0.274 e. The average molecular weight is 449 g/mol. The van der Waals surface area contributed by atoms with Crippen molar-refractivity contribution in [2.75, 3.05) is 24.1 Å². The van der Waals surface area contributed by atoms with Crippen LogP contribution < -0.4 is 21.7 Å². The predicted molar refractivity (Wildman–Crippen MR) is 124 cm³/mol. The molecule has 170 valence electrons. The highest BCUT2D eigenvalue weighted by atomic mass is 19.1. The molecule has 0 bridgehead atoms. The Balaban J connectivity index is 1.47. The zero-order valence-corrected chi connectivity index (χ0v) is 18.0. The molecule has 0 spiro atoms. The fraction of sp³-hybridized carbons (Fsp3) is 0.250. The number of halogens is 1. The number of piperidine rings is 1. The van der Waals surface area contributed by atoms with E-state index in [1.54, 1.807) is 36.4 Å². The minimum Gasteiger partial charge on any atom is -0.382 e. The molecule has 9 heteroatoms. The molecule has 2 aromatic carbocycles. The van der Waals surface area contributed by atoms with Crippen LogP contribution in [0.25, 0.3) is 11.3 Å². The number of amides is 2. The van der Waals surface area contributed by atoms with Crippen molar-refractivity contribution in [1.82, 2.24) is 20.6 Å². The second-order valence-corrected chi connectivity index (χ2v) is 7.94. The van der Waals surface area contributed by atoms with E-state index < -0.39 is 0 Å². The Hall–Kier alpha value is -3.85. The van der Waals surface area contributed by atoms with E-state index in [0.29, 0.717) is 29.1 Å². The quantitative estimate of drug-likeness (QED) is 0.460. The van der Waals surface area contributed by atoms with Crippen molar-refractivity contribution in [3.8, 4) is 11.3 Å². The lowest BCUT2D eigenvalue weighted by Gasteiger charge is -2.23. The van der Waals surface area contributed by atoms with Crippen molar-refractivity contribution < 1.29 is 14.0 Å². The van der Waals surface area contributed by atoms with E-state index in [-0.39, 0.29) is 41.6 Å². The maximum atomic E-state index is 13.3. The Morgan fingerprint density at radius 1 is 1.18 bits per heavy atom. The van der Waals surface area contributed by atoms with Crippen LogP contribution >= 0.6 is 0 Å². The lowest BCUT2D eigenvalue weighted by atomic mass is 10.1. The fourth-order valence-corrected chi connectivity index (χ4v) is 3.73. The molecule has 1 fully saturated rings. The van der Waals surface area contributed by atoms with Gasteiger partial charge < -0.3 is 21.7 Å². The maximum Gasteiger partial charge on any atom is 0.274 e. The van der Waals surface area contributed by atoms with E-state index in [1.807, 2.05) is 0 Å². The molecule has 1 aliphatic heterocycles. The van der Waals surface area contributed by atoms with Crippen LogP contribution in [0.3, 0.4) is 0 Å². The summed E-state index contributed by atoms with van der Waals surface area (Å²) in [6.07, 6.45) is 3.42. The summed E-state index contributed by atoms with van der Waals surface area (Å²) in [6, 6.07) is 13.0. The van der Waals surface area contributed by atoms with E-state index in [1.165, 1.54) is 18.3 Å². The van der Waals surface area contributed by atoms with Gasteiger partial charge >= 0.3 is 0 Å². The van der Waals surface area contributed by atoms with Crippen molar-refractivity contribution >= 4 is 23.3 Å². The molecule has 5 N–H and O–H groups in total.